The SMILES string of the molecule is CCCCn1c(SCC(=O)c2cc(C)n(C3CC3)c2C)nnc1-c1ccc(OC)cc1. The number of carbonyl (C=O) groups is 1. The Balaban J connectivity index is 1.53. The number of ketones is 1. The molecular formula is C24H30N4O2S. The first-order valence-corrected chi connectivity index (χ1v) is 11.9. The van der Waals surface area contributed by atoms with Gasteiger partial charge in [-0.3, -0.25) is 4.79 Å². The Hall–Kier alpha value is -2.54. The molecule has 3 aromatic rings. The lowest BCUT2D eigenvalue weighted by molar-refractivity contribution is 0.102. The van der Waals surface area contributed by atoms with Crippen LogP contribution in [0.15, 0.2) is 35.5 Å². The molecule has 31 heavy (non-hydrogen) atoms. The number of aryl methyl sites for hydroxylation is 1. The fourth-order valence-electron chi connectivity index (χ4n) is 4.03. The lowest BCUT2D eigenvalue weighted by Gasteiger charge is -2.10. The number of ether oxygens (including phenoxy) is 1. The number of carbonyl (C=O) groups excluding carboxylic acids is 1. The van der Waals surface area contributed by atoms with Crippen molar-refractivity contribution in [3.8, 4) is 17.1 Å². The smallest absolute Gasteiger partial charge is 0.191 e. The number of methoxy groups -OCH3 is 1. The highest BCUT2D eigenvalue weighted by Gasteiger charge is 2.28. The van der Waals surface area contributed by atoms with E-state index in [4.69, 9.17) is 4.74 Å². The predicted octanol–water partition coefficient (Wildman–Crippen LogP) is 5.48. The molecule has 6 nitrogen and oxygen atoms in total. The third-order valence-corrected chi connectivity index (χ3v) is 6.80. The van der Waals surface area contributed by atoms with Gasteiger partial charge in [0.05, 0.1) is 12.9 Å². The van der Waals surface area contributed by atoms with Gasteiger partial charge in [-0.25, -0.2) is 0 Å². The van der Waals surface area contributed by atoms with Crippen molar-refractivity contribution < 1.29 is 9.53 Å². The number of aromatic nitrogens is 4. The molecule has 0 unspecified atom stereocenters. The van der Waals surface area contributed by atoms with E-state index in [0.717, 1.165) is 52.9 Å². The van der Waals surface area contributed by atoms with Crippen LogP contribution >= 0.6 is 11.8 Å². The topological polar surface area (TPSA) is 61.9 Å². The van der Waals surface area contributed by atoms with Gasteiger partial charge < -0.3 is 13.9 Å². The third kappa shape index (κ3) is 4.56. The summed E-state index contributed by atoms with van der Waals surface area (Å²) in [7, 11) is 1.66. The molecule has 0 spiro atoms. The van der Waals surface area contributed by atoms with Gasteiger partial charge in [-0.15, -0.1) is 10.2 Å². The maximum atomic E-state index is 13.0. The van der Waals surface area contributed by atoms with E-state index in [2.05, 4.69) is 40.1 Å². The highest BCUT2D eigenvalue weighted by Crippen LogP contribution is 2.38. The van der Waals surface area contributed by atoms with Gasteiger partial charge in [-0.1, -0.05) is 25.1 Å². The second kappa shape index (κ2) is 9.30. The summed E-state index contributed by atoms with van der Waals surface area (Å²) in [5.41, 5.74) is 4.11. The van der Waals surface area contributed by atoms with E-state index in [1.165, 1.54) is 30.3 Å². The van der Waals surface area contributed by atoms with Gasteiger partial charge in [0.2, 0.25) is 0 Å². The number of rotatable bonds is 10. The van der Waals surface area contributed by atoms with Crippen molar-refractivity contribution in [2.75, 3.05) is 12.9 Å². The Bertz CT molecular complexity index is 1060. The van der Waals surface area contributed by atoms with Crippen LogP contribution in [0.25, 0.3) is 11.4 Å². The number of nitrogens with zero attached hydrogens (tertiary/aromatic N) is 4. The summed E-state index contributed by atoms with van der Waals surface area (Å²) in [6.45, 7) is 7.16. The van der Waals surface area contributed by atoms with Crippen LogP contribution in [0.4, 0.5) is 0 Å². The maximum Gasteiger partial charge on any atom is 0.191 e. The summed E-state index contributed by atoms with van der Waals surface area (Å²) < 4.78 is 9.72. The Labute approximate surface area is 188 Å². The van der Waals surface area contributed by atoms with Crippen LogP contribution in [-0.2, 0) is 6.54 Å². The Kier molecular flexibility index (Phi) is 6.51. The molecule has 2 aromatic heterocycles. The summed E-state index contributed by atoms with van der Waals surface area (Å²) >= 11 is 1.48. The first-order valence-electron chi connectivity index (χ1n) is 11.0. The fourth-order valence-corrected chi connectivity index (χ4v) is 4.88. The van der Waals surface area contributed by atoms with E-state index in [1.807, 2.05) is 30.3 Å². The van der Waals surface area contributed by atoms with E-state index in [9.17, 15) is 4.79 Å². The molecule has 1 aromatic carbocycles. The summed E-state index contributed by atoms with van der Waals surface area (Å²) in [6, 6.07) is 10.5. The average molecular weight is 439 g/mol. The maximum absolute atomic E-state index is 13.0. The molecule has 1 aliphatic carbocycles. The van der Waals surface area contributed by atoms with Gasteiger partial charge in [-0.2, -0.15) is 0 Å². The van der Waals surface area contributed by atoms with Crippen LogP contribution < -0.4 is 4.74 Å². The number of hydrogen-bond donors (Lipinski definition) is 0. The molecule has 0 radical (unpaired) electrons. The van der Waals surface area contributed by atoms with E-state index >= 15 is 0 Å². The number of unbranched alkanes of at least 4 members (excludes halogenated alkanes) is 1. The van der Waals surface area contributed by atoms with Gasteiger partial charge in [0.1, 0.15) is 5.75 Å². The summed E-state index contributed by atoms with van der Waals surface area (Å²) in [5, 5.41) is 9.67. The van der Waals surface area contributed by atoms with E-state index in [0.29, 0.717) is 11.8 Å². The Morgan fingerprint density at radius 3 is 2.58 bits per heavy atom. The van der Waals surface area contributed by atoms with Crippen LogP contribution in [0, 0.1) is 13.8 Å². The number of hydrogen-bond acceptors (Lipinski definition) is 5. The molecule has 1 aliphatic rings. The van der Waals surface area contributed by atoms with Crippen molar-refractivity contribution >= 4 is 17.5 Å². The lowest BCUT2D eigenvalue weighted by Crippen LogP contribution is -2.08. The van der Waals surface area contributed by atoms with Crippen molar-refractivity contribution in [3.63, 3.8) is 0 Å². The second-order valence-corrected chi connectivity index (χ2v) is 9.08. The summed E-state index contributed by atoms with van der Waals surface area (Å²) in [5.74, 6) is 2.16. The molecule has 4 rings (SSSR count). The predicted molar refractivity (Wildman–Crippen MR) is 124 cm³/mol. The number of thioether (sulfide) groups is 1. The van der Waals surface area contributed by atoms with Gasteiger partial charge in [0, 0.05) is 35.1 Å². The molecule has 0 amide bonds. The van der Waals surface area contributed by atoms with Crippen molar-refractivity contribution in [1.82, 2.24) is 19.3 Å². The normalized spacial score (nSPS) is 13.5. The molecule has 0 aliphatic heterocycles. The third-order valence-electron chi connectivity index (χ3n) is 5.83. The fraction of sp³-hybridized carbons (Fsp3) is 0.458. The van der Waals surface area contributed by atoms with Gasteiger partial charge in [0.15, 0.2) is 16.8 Å². The molecule has 0 atom stereocenters. The lowest BCUT2D eigenvalue weighted by atomic mass is 10.2. The van der Waals surface area contributed by atoms with Crippen LogP contribution in [0.2, 0.25) is 0 Å². The molecule has 164 valence electrons. The zero-order chi connectivity index (χ0) is 22.0. The number of Topliss-reactive ketones (excluding diaryl/α,β-unsaturated/α-hetero) is 1. The first-order chi connectivity index (χ1) is 15.0. The summed E-state index contributed by atoms with van der Waals surface area (Å²) in [4.78, 5) is 13.0. The Morgan fingerprint density at radius 2 is 1.94 bits per heavy atom. The highest BCUT2D eigenvalue weighted by atomic mass is 32.2. The minimum Gasteiger partial charge on any atom is -0.497 e. The van der Waals surface area contributed by atoms with Gasteiger partial charge >= 0.3 is 0 Å². The molecule has 0 bridgehead atoms. The van der Waals surface area contributed by atoms with Crippen LogP contribution in [0.1, 0.15) is 60.4 Å². The molecule has 1 fully saturated rings. The van der Waals surface area contributed by atoms with E-state index in [-0.39, 0.29) is 5.78 Å². The van der Waals surface area contributed by atoms with Crippen molar-refractivity contribution in [2.45, 2.75) is 64.2 Å². The molecule has 0 N–H and O–H groups in total. The molecular weight excluding hydrogens is 408 g/mol. The molecule has 1 saturated carbocycles. The molecule has 7 heteroatoms. The van der Waals surface area contributed by atoms with Crippen molar-refractivity contribution in [1.29, 1.82) is 0 Å². The zero-order valence-electron chi connectivity index (χ0n) is 18.7. The summed E-state index contributed by atoms with van der Waals surface area (Å²) in [6.07, 6.45) is 4.54. The minimum absolute atomic E-state index is 0.154. The van der Waals surface area contributed by atoms with Gasteiger partial charge in [0.25, 0.3) is 0 Å². The van der Waals surface area contributed by atoms with Crippen LogP contribution in [-0.4, -0.2) is 38.0 Å². The average Bonchev–Trinajstić information content (AvgIpc) is 3.46. The Morgan fingerprint density at radius 1 is 1.19 bits per heavy atom. The highest BCUT2D eigenvalue weighted by molar-refractivity contribution is 7.99. The van der Waals surface area contributed by atoms with Crippen molar-refractivity contribution in [3.05, 3.63) is 47.3 Å². The van der Waals surface area contributed by atoms with Crippen LogP contribution in [0.5, 0.6) is 5.75 Å². The molecule has 2 heterocycles. The van der Waals surface area contributed by atoms with Crippen LogP contribution in [0.3, 0.4) is 0 Å². The monoisotopic (exact) mass is 438 g/mol. The molecule has 0 saturated heterocycles. The van der Waals surface area contributed by atoms with E-state index in [1.54, 1.807) is 7.11 Å². The van der Waals surface area contributed by atoms with Gasteiger partial charge in [-0.05, 0) is 63.4 Å². The minimum atomic E-state index is 0.154. The number of benzene rings is 1. The largest absolute Gasteiger partial charge is 0.497 e. The zero-order valence-corrected chi connectivity index (χ0v) is 19.5. The first kappa shape index (κ1) is 21.7. The van der Waals surface area contributed by atoms with E-state index < -0.39 is 0 Å². The standard InChI is InChI=1S/C24H30N4O2S/c1-5-6-13-27-23(18-7-11-20(30-4)12-8-18)25-26-24(27)31-15-22(29)21-14-16(2)28(17(21)3)19-9-10-19/h7-8,11-12,14,19H,5-6,9-10,13,15H2,1-4H3. The van der Waals surface area contributed by atoms with Crippen molar-refractivity contribution in [2.24, 2.45) is 0 Å². The quantitative estimate of drug-likeness (QED) is 0.310. The second-order valence-electron chi connectivity index (χ2n) is 8.14.